The molecule has 0 fully saturated rings. The lowest BCUT2D eigenvalue weighted by atomic mass is 10.1. The van der Waals surface area contributed by atoms with Crippen molar-refractivity contribution in [1.82, 2.24) is 9.78 Å². The third-order valence-corrected chi connectivity index (χ3v) is 4.34. The maximum Gasteiger partial charge on any atom is 0.253 e. The number of nitrogens with two attached hydrogens (primary N) is 1. The topological polar surface area (TPSA) is 76.9 Å². The van der Waals surface area contributed by atoms with E-state index in [9.17, 15) is 5.26 Å². The van der Waals surface area contributed by atoms with Gasteiger partial charge in [0.25, 0.3) is 5.88 Å². The van der Waals surface area contributed by atoms with Crippen molar-refractivity contribution in [2.45, 2.75) is 20.1 Å². The molecule has 2 N–H and O–H groups in total. The maximum absolute atomic E-state index is 9.40. The van der Waals surface area contributed by atoms with Gasteiger partial charge in [0.05, 0.1) is 6.54 Å². The first-order valence-corrected chi connectivity index (χ1v) is 8.15. The number of hydrogen-bond donors (Lipinski definition) is 1. The fourth-order valence-electron chi connectivity index (χ4n) is 2.48. The summed E-state index contributed by atoms with van der Waals surface area (Å²) in [6.07, 6.45) is 0. The molecule has 0 radical (unpaired) electrons. The average molecular weight is 353 g/mol. The van der Waals surface area contributed by atoms with Gasteiger partial charge in [0.1, 0.15) is 18.5 Å². The fraction of sp³-hybridized carbons (Fsp3) is 0.158. The quantitative estimate of drug-likeness (QED) is 0.754. The molecule has 0 amide bonds. The van der Waals surface area contributed by atoms with E-state index in [0.717, 1.165) is 16.7 Å². The van der Waals surface area contributed by atoms with Crippen LogP contribution in [0.3, 0.4) is 0 Å². The van der Waals surface area contributed by atoms with Crippen LogP contribution in [0.25, 0.3) is 0 Å². The van der Waals surface area contributed by atoms with Crippen molar-refractivity contribution in [3.05, 3.63) is 75.8 Å². The van der Waals surface area contributed by atoms with Crippen molar-refractivity contribution in [1.29, 1.82) is 5.26 Å². The van der Waals surface area contributed by atoms with Crippen LogP contribution in [0.4, 0.5) is 5.82 Å². The lowest BCUT2D eigenvalue weighted by Crippen LogP contribution is -2.07. The molecular weight excluding hydrogens is 336 g/mol. The highest BCUT2D eigenvalue weighted by Crippen LogP contribution is 2.26. The van der Waals surface area contributed by atoms with Crippen molar-refractivity contribution >= 4 is 17.4 Å². The number of benzene rings is 2. The van der Waals surface area contributed by atoms with E-state index in [1.807, 2.05) is 49.4 Å². The molecular formula is C19H17ClN4O. The maximum atomic E-state index is 9.40. The molecule has 0 bridgehead atoms. The molecule has 0 aliphatic rings. The van der Waals surface area contributed by atoms with Crippen molar-refractivity contribution in [3.63, 3.8) is 0 Å². The summed E-state index contributed by atoms with van der Waals surface area (Å²) in [5.74, 6) is 0.498. The van der Waals surface area contributed by atoms with E-state index in [4.69, 9.17) is 22.1 Å². The Balaban J connectivity index is 1.85. The summed E-state index contributed by atoms with van der Waals surface area (Å²) < 4.78 is 7.29. The number of halogens is 1. The Labute approximate surface area is 151 Å². The Morgan fingerprint density at radius 1 is 1.16 bits per heavy atom. The van der Waals surface area contributed by atoms with Gasteiger partial charge in [-0.3, -0.25) is 0 Å². The number of aryl methyl sites for hydroxylation is 1. The Morgan fingerprint density at radius 2 is 1.84 bits per heavy atom. The van der Waals surface area contributed by atoms with Crippen LogP contribution < -0.4 is 10.5 Å². The first kappa shape index (κ1) is 16.9. The summed E-state index contributed by atoms with van der Waals surface area (Å²) in [6.45, 7) is 2.70. The van der Waals surface area contributed by atoms with Gasteiger partial charge < -0.3 is 10.5 Å². The van der Waals surface area contributed by atoms with Crippen LogP contribution in [0.2, 0.25) is 5.02 Å². The van der Waals surface area contributed by atoms with Gasteiger partial charge >= 0.3 is 0 Å². The summed E-state index contributed by atoms with van der Waals surface area (Å²) in [5.41, 5.74) is 9.32. The number of nitriles is 1. The standard InChI is InChI=1S/C19H17ClN4O/c1-13-6-2-3-8-15(13)12-25-19-16(10-21)18(22)24(23-19)11-14-7-4-5-9-17(14)20/h2-9H,11-12,22H2,1H3. The van der Waals surface area contributed by atoms with E-state index in [2.05, 4.69) is 11.2 Å². The average Bonchev–Trinajstić information content (AvgIpc) is 2.91. The molecule has 2 aromatic carbocycles. The van der Waals surface area contributed by atoms with Crippen LogP contribution in [-0.2, 0) is 13.2 Å². The molecule has 0 unspecified atom stereocenters. The van der Waals surface area contributed by atoms with E-state index in [0.29, 0.717) is 18.2 Å². The molecule has 3 rings (SSSR count). The second-order valence-corrected chi connectivity index (χ2v) is 6.05. The smallest absolute Gasteiger partial charge is 0.253 e. The third-order valence-electron chi connectivity index (χ3n) is 3.98. The van der Waals surface area contributed by atoms with Crippen LogP contribution >= 0.6 is 11.6 Å². The summed E-state index contributed by atoms with van der Waals surface area (Å²) in [7, 11) is 0. The molecule has 0 spiro atoms. The largest absolute Gasteiger partial charge is 0.471 e. The van der Waals surface area contributed by atoms with E-state index >= 15 is 0 Å². The number of ether oxygens (including phenoxy) is 1. The lowest BCUT2D eigenvalue weighted by Gasteiger charge is -2.07. The molecule has 0 saturated carbocycles. The molecule has 0 saturated heterocycles. The van der Waals surface area contributed by atoms with Crippen molar-refractivity contribution in [2.75, 3.05) is 5.73 Å². The molecule has 3 aromatic rings. The summed E-state index contributed by atoms with van der Waals surface area (Å²) in [4.78, 5) is 0. The predicted molar refractivity (Wildman–Crippen MR) is 97.4 cm³/mol. The van der Waals surface area contributed by atoms with Gasteiger partial charge in [-0.05, 0) is 29.7 Å². The molecule has 126 valence electrons. The number of nitrogen functional groups attached to an aromatic ring is 1. The summed E-state index contributed by atoms with van der Waals surface area (Å²) in [6, 6.07) is 17.4. The summed E-state index contributed by atoms with van der Waals surface area (Å²) in [5, 5.41) is 14.4. The van der Waals surface area contributed by atoms with Gasteiger partial charge in [0, 0.05) is 5.02 Å². The second-order valence-electron chi connectivity index (χ2n) is 5.64. The van der Waals surface area contributed by atoms with Gasteiger partial charge in [-0.15, -0.1) is 5.10 Å². The van der Waals surface area contributed by atoms with Crippen molar-refractivity contribution < 1.29 is 4.74 Å². The normalized spacial score (nSPS) is 10.4. The SMILES string of the molecule is Cc1ccccc1COc1nn(Cc2ccccc2Cl)c(N)c1C#N. The first-order valence-electron chi connectivity index (χ1n) is 7.77. The second kappa shape index (κ2) is 7.29. The lowest BCUT2D eigenvalue weighted by molar-refractivity contribution is 0.288. The zero-order valence-electron chi connectivity index (χ0n) is 13.7. The Kier molecular flexibility index (Phi) is 4.92. The number of rotatable bonds is 5. The molecule has 6 heteroatoms. The van der Waals surface area contributed by atoms with E-state index in [1.165, 1.54) is 4.68 Å². The van der Waals surface area contributed by atoms with Gasteiger partial charge in [-0.1, -0.05) is 54.1 Å². The molecule has 0 aliphatic carbocycles. The van der Waals surface area contributed by atoms with E-state index in [1.54, 1.807) is 6.07 Å². The van der Waals surface area contributed by atoms with Crippen LogP contribution in [0.5, 0.6) is 5.88 Å². The number of aromatic nitrogens is 2. The van der Waals surface area contributed by atoms with Crippen LogP contribution in [0.1, 0.15) is 22.3 Å². The fourth-order valence-corrected chi connectivity index (χ4v) is 2.68. The highest BCUT2D eigenvalue weighted by Gasteiger charge is 2.18. The van der Waals surface area contributed by atoms with Gasteiger partial charge in [-0.25, -0.2) is 4.68 Å². The van der Waals surface area contributed by atoms with Gasteiger partial charge in [0.15, 0.2) is 5.56 Å². The van der Waals surface area contributed by atoms with Gasteiger partial charge in [-0.2, -0.15) is 5.26 Å². The Hall–Kier alpha value is -2.97. The van der Waals surface area contributed by atoms with Crippen LogP contribution in [-0.4, -0.2) is 9.78 Å². The predicted octanol–water partition coefficient (Wildman–Crippen LogP) is 3.93. The molecule has 25 heavy (non-hydrogen) atoms. The number of nitrogens with zero attached hydrogens (tertiary/aromatic N) is 3. The molecule has 1 heterocycles. The van der Waals surface area contributed by atoms with Gasteiger partial charge in [0.2, 0.25) is 0 Å². The molecule has 1 aromatic heterocycles. The zero-order chi connectivity index (χ0) is 17.8. The van der Waals surface area contributed by atoms with Crippen molar-refractivity contribution in [3.8, 4) is 11.9 Å². The summed E-state index contributed by atoms with van der Waals surface area (Å²) >= 11 is 6.19. The highest BCUT2D eigenvalue weighted by molar-refractivity contribution is 6.31. The third kappa shape index (κ3) is 3.59. The van der Waals surface area contributed by atoms with E-state index < -0.39 is 0 Å². The molecule has 0 atom stereocenters. The Morgan fingerprint density at radius 3 is 2.52 bits per heavy atom. The number of hydrogen-bond acceptors (Lipinski definition) is 4. The zero-order valence-corrected chi connectivity index (χ0v) is 14.5. The minimum absolute atomic E-state index is 0.232. The monoisotopic (exact) mass is 352 g/mol. The van der Waals surface area contributed by atoms with Crippen LogP contribution in [0.15, 0.2) is 48.5 Å². The van der Waals surface area contributed by atoms with Crippen LogP contribution in [0, 0.1) is 18.3 Å². The first-order chi connectivity index (χ1) is 12.1. The minimum Gasteiger partial charge on any atom is -0.471 e. The molecule has 5 nitrogen and oxygen atoms in total. The number of anilines is 1. The molecule has 0 aliphatic heterocycles. The Bertz CT molecular complexity index is 943. The van der Waals surface area contributed by atoms with E-state index in [-0.39, 0.29) is 17.3 Å². The highest BCUT2D eigenvalue weighted by atomic mass is 35.5. The minimum atomic E-state index is 0.232. The van der Waals surface area contributed by atoms with Crippen molar-refractivity contribution in [2.24, 2.45) is 0 Å².